The van der Waals surface area contributed by atoms with Crippen molar-refractivity contribution in [2.75, 3.05) is 6.73 Å². The second-order valence-electron chi connectivity index (χ2n) is 6.40. The first-order chi connectivity index (χ1) is 15.4. The molecule has 32 heavy (non-hydrogen) atoms. The van der Waals surface area contributed by atoms with E-state index in [0.29, 0.717) is 10.6 Å². The molecule has 3 rings (SSSR count). The fourth-order valence-corrected chi connectivity index (χ4v) is 3.60. The van der Waals surface area contributed by atoms with Crippen LogP contribution in [0.15, 0.2) is 58.0 Å². The van der Waals surface area contributed by atoms with Gasteiger partial charge in [0.15, 0.2) is 12.6 Å². The Balaban J connectivity index is 0.00000176. The van der Waals surface area contributed by atoms with Crippen molar-refractivity contribution in [3.63, 3.8) is 0 Å². The molecule has 0 spiro atoms. The molecule has 2 aromatic rings. The van der Waals surface area contributed by atoms with Crippen molar-refractivity contribution in [2.45, 2.75) is 26.8 Å². The number of hydrogen-bond donors (Lipinski definition) is 2. The molecular weight excluding hydrogens is 502 g/mol. The molecule has 0 saturated carbocycles. The van der Waals surface area contributed by atoms with Gasteiger partial charge in [-0.1, -0.05) is 77.8 Å². The third-order valence-corrected chi connectivity index (χ3v) is 5.62. The summed E-state index contributed by atoms with van der Waals surface area (Å²) in [6, 6.07) is 14.3. The van der Waals surface area contributed by atoms with E-state index in [2.05, 4.69) is 31.1 Å². The first-order valence-corrected chi connectivity index (χ1v) is 11.0. The van der Waals surface area contributed by atoms with Crippen molar-refractivity contribution >= 4 is 51.1 Å². The molecule has 1 aliphatic heterocycles. The summed E-state index contributed by atoms with van der Waals surface area (Å²) in [6.07, 6.45) is 0.135. The lowest BCUT2D eigenvalue weighted by Crippen LogP contribution is -2.53. The van der Waals surface area contributed by atoms with Crippen LogP contribution in [0, 0.1) is 5.92 Å². The van der Waals surface area contributed by atoms with Gasteiger partial charge in [0, 0.05) is 15.9 Å². The standard InChI is InChI=1S/C20H17BrClN3O5.C2H6/c21-14-7-3-1-6-13(14)10-25-16(9-12-5-2-4-8-15(12)22)24-19(27)17(20(25)28)18(26)23-11-30-29;1-2/h1-8,17,29H,9-11H2,(H,23,26);1-2H3. The number of nitrogens with zero attached hydrogens (tertiary/aromatic N) is 2. The minimum Gasteiger partial charge on any atom is -0.329 e. The fraction of sp³-hybridized carbons (Fsp3) is 0.273. The van der Waals surface area contributed by atoms with E-state index in [0.717, 1.165) is 10.0 Å². The molecule has 3 amide bonds. The van der Waals surface area contributed by atoms with E-state index in [-0.39, 0.29) is 18.8 Å². The highest BCUT2D eigenvalue weighted by Crippen LogP contribution is 2.25. The Morgan fingerprint density at radius 1 is 1.16 bits per heavy atom. The van der Waals surface area contributed by atoms with E-state index < -0.39 is 30.4 Å². The highest BCUT2D eigenvalue weighted by atomic mass is 79.9. The topological polar surface area (TPSA) is 108 Å². The Kier molecular flexibility index (Phi) is 9.98. The molecule has 1 unspecified atom stereocenters. The first-order valence-electron chi connectivity index (χ1n) is 9.86. The number of nitrogens with one attached hydrogen (secondary N) is 1. The lowest BCUT2D eigenvalue weighted by molar-refractivity contribution is -0.247. The van der Waals surface area contributed by atoms with Crippen LogP contribution in [0.5, 0.6) is 0 Å². The number of amidine groups is 1. The van der Waals surface area contributed by atoms with Crippen LogP contribution in [0.4, 0.5) is 0 Å². The number of rotatable bonds is 7. The average molecular weight is 525 g/mol. The average Bonchev–Trinajstić information content (AvgIpc) is 2.79. The van der Waals surface area contributed by atoms with Gasteiger partial charge >= 0.3 is 0 Å². The molecule has 0 aromatic heterocycles. The fourth-order valence-electron chi connectivity index (χ4n) is 2.98. The number of carbonyl (C=O) groups excluding carboxylic acids is 3. The second kappa shape index (κ2) is 12.4. The van der Waals surface area contributed by atoms with Crippen LogP contribution < -0.4 is 5.32 Å². The van der Waals surface area contributed by atoms with Crippen molar-refractivity contribution in [3.8, 4) is 0 Å². The van der Waals surface area contributed by atoms with Crippen LogP contribution in [-0.4, -0.2) is 40.4 Å². The van der Waals surface area contributed by atoms with Gasteiger partial charge < -0.3 is 5.32 Å². The quantitative estimate of drug-likeness (QED) is 0.248. The number of aliphatic imine (C=N–C) groups is 1. The zero-order valence-corrected chi connectivity index (χ0v) is 19.9. The summed E-state index contributed by atoms with van der Waals surface area (Å²) in [5.41, 5.74) is 1.46. The van der Waals surface area contributed by atoms with Crippen LogP contribution >= 0.6 is 27.5 Å². The molecule has 1 atom stereocenters. The zero-order chi connectivity index (χ0) is 23.7. The lowest BCUT2D eigenvalue weighted by Gasteiger charge is -2.31. The van der Waals surface area contributed by atoms with Gasteiger partial charge in [0.2, 0.25) is 5.91 Å². The second-order valence-corrected chi connectivity index (χ2v) is 7.66. The monoisotopic (exact) mass is 523 g/mol. The minimum absolute atomic E-state index is 0.0943. The molecule has 10 heteroatoms. The van der Waals surface area contributed by atoms with Crippen LogP contribution in [-0.2, 0) is 32.2 Å². The van der Waals surface area contributed by atoms with Crippen LogP contribution in [0.1, 0.15) is 25.0 Å². The normalized spacial score (nSPS) is 15.6. The molecule has 1 aliphatic rings. The lowest BCUT2D eigenvalue weighted by atomic mass is 10.0. The van der Waals surface area contributed by atoms with Crippen molar-refractivity contribution < 1.29 is 24.5 Å². The van der Waals surface area contributed by atoms with E-state index in [1.54, 1.807) is 24.3 Å². The highest BCUT2D eigenvalue weighted by Gasteiger charge is 2.42. The third-order valence-electron chi connectivity index (χ3n) is 4.48. The predicted octanol–water partition coefficient (Wildman–Crippen LogP) is 3.82. The summed E-state index contributed by atoms with van der Waals surface area (Å²) in [5, 5.41) is 11.0. The van der Waals surface area contributed by atoms with Gasteiger partial charge in [0.05, 0.1) is 6.54 Å². The summed E-state index contributed by atoms with van der Waals surface area (Å²) in [7, 11) is 0. The van der Waals surface area contributed by atoms with Gasteiger partial charge in [0.25, 0.3) is 11.8 Å². The molecule has 170 valence electrons. The van der Waals surface area contributed by atoms with Gasteiger partial charge in [-0.3, -0.25) is 19.3 Å². The molecular formula is C22H23BrClN3O5. The highest BCUT2D eigenvalue weighted by molar-refractivity contribution is 9.10. The summed E-state index contributed by atoms with van der Waals surface area (Å²) in [4.78, 5) is 47.1. The van der Waals surface area contributed by atoms with Crippen LogP contribution in [0.25, 0.3) is 0 Å². The van der Waals surface area contributed by atoms with Crippen molar-refractivity contribution in [1.29, 1.82) is 0 Å². The first kappa shape index (κ1) is 25.7. The number of carbonyl (C=O) groups is 3. The summed E-state index contributed by atoms with van der Waals surface area (Å²) >= 11 is 9.68. The van der Waals surface area contributed by atoms with Gasteiger partial charge in [-0.05, 0) is 23.3 Å². The molecule has 1 heterocycles. The van der Waals surface area contributed by atoms with Gasteiger partial charge in [-0.2, -0.15) is 4.99 Å². The molecule has 2 N–H and O–H groups in total. The van der Waals surface area contributed by atoms with E-state index in [9.17, 15) is 14.4 Å². The molecule has 0 radical (unpaired) electrons. The molecule has 2 aromatic carbocycles. The summed E-state index contributed by atoms with van der Waals surface area (Å²) in [5.74, 6) is -3.99. The van der Waals surface area contributed by atoms with Crippen LogP contribution in [0.3, 0.4) is 0 Å². The van der Waals surface area contributed by atoms with E-state index >= 15 is 0 Å². The van der Waals surface area contributed by atoms with Crippen molar-refractivity contribution in [2.24, 2.45) is 10.9 Å². The van der Waals surface area contributed by atoms with Crippen LogP contribution in [0.2, 0.25) is 5.02 Å². The molecule has 0 aliphatic carbocycles. The minimum atomic E-state index is -1.67. The third kappa shape index (κ3) is 6.23. The Hall–Kier alpha value is -2.59. The smallest absolute Gasteiger partial charge is 0.269 e. The molecule has 8 nitrogen and oxygen atoms in total. The maximum absolute atomic E-state index is 13.2. The zero-order valence-electron chi connectivity index (χ0n) is 17.5. The maximum atomic E-state index is 13.2. The summed E-state index contributed by atoms with van der Waals surface area (Å²) < 4.78 is 0.765. The van der Waals surface area contributed by atoms with E-state index in [4.69, 9.17) is 16.9 Å². The van der Waals surface area contributed by atoms with Crippen molar-refractivity contribution in [3.05, 3.63) is 69.2 Å². The SMILES string of the molecule is CC.O=C1N=C(Cc2ccccc2Cl)N(Cc2ccccc2Br)C(=O)C1C(=O)NCOO. The Labute approximate surface area is 199 Å². The summed E-state index contributed by atoms with van der Waals surface area (Å²) in [6.45, 7) is 3.54. The maximum Gasteiger partial charge on any atom is 0.269 e. The Morgan fingerprint density at radius 3 is 2.41 bits per heavy atom. The molecule has 0 bridgehead atoms. The molecule has 0 fully saturated rings. The van der Waals surface area contributed by atoms with E-state index in [1.807, 2.05) is 38.1 Å². The van der Waals surface area contributed by atoms with Gasteiger partial charge in [-0.15, -0.1) is 0 Å². The Bertz CT molecular complexity index is 1010. The largest absolute Gasteiger partial charge is 0.329 e. The van der Waals surface area contributed by atoms with Gasteiger partial charge in [0.1, 0.15) is 5.84 Å². The Morgan fingerprint density at radius 2 is 1.78 bits per heavy atom. The van der Waals surface area contributed by atoms with E-state index in [1.165, 1.54) is 4.90 Å². The predicted molar refractivity (Wildman–Crippen MR) is 124 cm³/mol. The van der Waals surface area contributed by atoms with Crippen molar-refractivity contribution in [1.82, 2.24) is 10.2 Å². The molecule has 0 saturated heterocycles. The van der Waals surface area contributed by atoms with Gasteiger partial charge in [-0.25, -0.2) is 10.1 Å². The number of halogens is 2. The number of amides is 3. The number of benzene rings is 2. The number of hydrogen-bond acceptors (Lipinski definition) is 5.